The van der Waals surface area contributed by atoms with Crippen molar-refractivity contribution >= 4 is 0 Å². The van der Waals surface area contributed by atoms with Gasteiger partial charge in [-0.05, 0) is 69.2 Å². The Labute approximate surface area is 249 Å². The van der Waals surface area contributed by atoms with Crippen LogP contribution in [0.1, 0.15) is 98.3 Å². The minimum Gasteiger partial charge on any atom is -0.490 e. The quantitative estimate of drug-likeness (QED) is 0.0875. The molecule has 0 fully saturated rings. The molecule has 6 heteroatoms. The average Bonchev–Trinajstić information content (AvgIpc) is 2.98. The number of allylic oxidation sites excluding steroid dienone is 1. The summed E-state index contributed by atoms with van der Waals surface area (Å²) >= 11 is 0. The summed E-state index contributed by atoms with van der Waals surface area (Å²) in [7, 11) is 0. The zero-order valence-electron chi connectivity index (χ0n) is 26.1. The van der Waals surface area contributed by atoms with Crippen LogP contribution in [-0.2, 0) is 0 Å². The van der Waals surface area contributed by atoms with Crippen molar-refractivity contribution in [3.05, 3.63) is 48.6 Å². The Balaban J connectivity index is 1.79. The van der Waals surface area contributed by atoms with Crippen LogP contribution in [0, 0.1) is 0 Å². The van der Waals surface area contributed by atoms with Gasteiger partial charge in [0.15, 0.2) is 23.0 Å². The highest BCUT2D eigenvalue weighted by Crippen LogP contribution is 2.38. The van der Waals surface area contributed by atoms with Gasteiger partial charge in [-0.25, -0.2) is 0 Å². The highest BCUT2D eigenvalue weighted by molar-refractivity contribution is 5.52. The molecule has 0 aliphatic rings. The Bertz CT molecular complexity index is 958. The first kappa shape index (κ1) is 34.2. The van der Waals surface area contributed by atoms with Crippen LogP contribution in [-0.4, -0.2) is 39.6 Å². The predicted octanol–water partition coefficient (Wildman–Crippen LogP) is 9.59. The van der Waals surface area contributed by atoms with Crippen molar-refractivity contribution < 1.29 is 28.4 Å². The van der Waals surface area contributed by atoms with E-state index in [1.54, 1.807) is 0 Å². The van der Waals surface area contributed by atoms with Gasteiger partial charge < -0.3 is 28.4 Å². The van der Waals surface area contributed by atoms with Crippen LogP contribution in [0.25, 0.3) is 0 Å². The van der Waals surface area contributed by atoms with E-state index in [1.807, 2.05) is 36.4 Å². The lowest BCUT2D eigenvalue weighted by Gasteiger charge is -2.17. The summed E-state index contributed by atoms with van der Waals surface area (Å²) in [5.41, 5.74) is 0. The van der Waals surface area contributed by atoms with Crippen molar-refractivity contribution in [1.82, 2.24) is 0 Å². The van der Waals surface area contributed by atoms with E-state index < -0.39 is 0 Å². The fourth-order valence-corrected chi connectivity index (χ4v) is 3.88. The summed E-state index contributed by atoms with van der Waals surface area (Å²) in [6.45, 7) is 12.5. The molecule has 6 nitrogen and oxygen atoms in total. The lowest BCUT2D eigenvalue weighted by molar-refractivity contribution is 0.237. The van der Waals surface area contributed by atoms with Gasteiger partial charge >= 0.3 is 0 Å². The maximum Gasteiger partial charge on any atom is 0.203 e. The Morgan fingerprint density at radius 2 is 0.756 bits per heavy atom. The van der Waals surface area contributed by atoms with E-state index in [9.17, 15) is 0 Å². The molecule has 2 rings (SSSR count). The van der Waals surface area contributed by atoms with E-state index in [1.165, 1.54) is 0 Å². The van der Waals surface area contributed by atoms with E-state index >= 15 is 0 Å². The molecule has 0 aliphatic carbocycles. The van der Waals surface area contributed by atoms with Crippen molar-refractivity contribution in [2.24, 2.45) is 0 Å². The molecule has 0 N–H and O–H groups in total. The Kier molecular flexibility index (Phi) is 18.9. The highest BCUT2D eigenvalue weighted by Gasteiger charge is 2.14. The van der Waals surface area contributed by atoms with Gasteiger partial charge in [-0.2, -0.15) is 0 Å². The van der Waals surface area contributed by atoms with Gasteiger partial charge in [0.25, 0.3) is 0 Å². The third-order valence-corrected chi connectivity index (χ3v) is 6.37. The maximum atomic E-state index is 6.11. The second-order valence-electron chi connectivity index (χ2n) is 10.1. The molecule has 0 spiro atoms. The van der Waals surface area contributed by atoms with Crippen molar-refractivity contribution in [3.8, 4) is 34.5 Å². The zero-order valence-corrected chi connectivity index (χ0v) is 26.1. The topological polar surface area (TPSA) is 55.4 Å². The Morgan fingerprint density at radius 1 is 0.415 bits per heavy atom. The van der Waals surface area contributed by atoms with Crippen LogP contribution in [0.2, 0.25) is 0 Å². The molecule has 0 saturated carbocycles. The number of rotatable bonds is 25. The lowest BCUT2D eigenvalue weighted by atomic mass is 10.2. The van der Waals surface area contributed by atoms with Crippen LogP contribution in [0.4, 0.5) is 0 Å². The summed E-state index contributed by atoms with van der Waals surface area (Å²) < 4.78 is 36.3. The van der Waals surface area contributed by atoms with Crippen molar-refractivity contribution in [2.45, 2.75) is 98.3 Å². The Hall–Kier alpha value is -3.02. The number of hydrogen-bond acceptors (Lipinski definition) is 6. The van der Waals surface area contributed by atoms with Gasteiger partial charge in [-0.15, -0.1) is 0 Å². The number of ether oxygens (including phenoxy) is 6. The van der Waals surface area contributed by atoms with Gasteiger partial charge in [0.2, 0.25) is 11.5 Å². The van der Waals surface area contributed by atoms with E-state index in [-0.39, 0.29) is 0 Å². The molecule has 0 unspecified atom stereocenters. The van der Waals surface area contributed by atoms with Crippen LogP contribution >= 0.6 is 0 Å². The molecule has 0 heterocycles. The third kappa shape index (κ3) is 13.9. The monoisotopic (exact) mass is 570 g/mol. The Morgan fingerprint density at radius 3 is 1.17 bits per heavy atom. The number of benzene rings is 2. The van der Waals surface area contributed by atoms with Crippen molar-refractivity contribution in [1.29, 1.82) is 0 Å². The summed E-state index contributed by atoms with van der Waals surface area (Å²) in [4.78, 5) is 0. The van der Waals surface area contributed by atoms with Gasteiger partial charge in [0, 0.05) is 0 Å². The molecule has 0 radical (unpaired) electrons. The first-order valence-electron chi connectivity index (χ1n) is 15.9. The number of hydrogen-bond donors (Lipinski definition) is 0. The molecular weight excluding hydrogens is 516 g/mol. The first-order chi connectivity index (χ1) is 20.2. The minimum absolute atomic E-state index is 0.582. The highest BCUT2D eigenvalue weighted by atomic mass is 16.5. The standard InChI is InChI=1S/C35H54O6/c1-5-9-24-36-30-20-18-22-32(34(30)40-26-11-7-3)38-28-16-14-13-15-17-29-39-33-23-19-21-31(37-25-10-6-2)35(33)41-27-12-8-4/h13-14,18-23H,5-12,15-17,24-29H2,1-4H3/b14-13-. The fraction of sp³-hybridized carbons (Fsp3) is 0.600. The normalized spacial score (nSPS) is 11.0. The lowest BCUT2D eigenvalue weighted by Crippen LogP contribution is -2.05. The molecule has 0 amide bonds. The average molecular weight is 571 g/mol. The van der Waals surface area contributed by atoms with E-state index in [4.69, 9.17) is 28.4 Å². The minimum atomic E-state index is 0.582. The van der Waals surface area contributed by atoms with Gasteiger partial charge in [0.05, 0.1) is 39.6 Å². The van der Waals surface area contributed by atoms with Crippen LogP contribution in [0.5, 0.6) is 34.5 Å². The summed E-state index contributed by atoms with van der Waals surface area (Å²) in [6, 6.07) is 11.8. The number of unbranched alkanes of at least 4 members (excludes halogenated alkanes) is 5. The molecule has 2 aromatic rings. The smallest absolute Gasteiger partial charge is 0.203 e. The molecule has 0 saturated heterocycles. The van der Waals surface area contributed by atoms with Crippen LogP contribution in [0.15, 0.2) is 48.6 Å². The van der Waals surface area contributed by atoms with Crippen molar-refractivity contribution in [3.63, 3.8) is 0 Å². The fourth-order valence-electron chi connectivity index (χ4n) is 3.88. The van der Waals surface area contributed by atoms with Crippen LogP contribution in [0.3, 0.4) is 0 Å². The zero-order chi connectivity index (χ0) is 29.4. The van der Waals surface area contributed by atoms with Gasteiger partial charge in [0.1, 0.15) is 0 Å². The van der Waals surface area contributed by atoms with E-state index in [2.05, 4.69) is 39.8 Å². The SMILES string of the molecule is CCCCOc1cccc(OCC/C=C\CCCOc2cccc(OCCCC)c2OCCCC)c1OCCCC. The molecular formula is C35H54O6. The predicted molar refractivity (Wildman–Crippen MR) is 168 cm³/mol. The molecule has 2 aromatic carbocycles. The van der Waals surface area contributed by atoms with E-state index in [0.29, 0.717) is 39.6 Å². The number of para-hydroxylation sites is 2. The van der Waals surface area contributed by atoms with Gasteiger partial charge in [-0.1, -0.05) is 77.7 Å². The largest absolute Gasteiger partial charge is 0.490 e. The second-order valence-corrected chi connectivity index (χ2v) is 10.1. The van der Waals surface area contributed by atoms with E-state index in [0.717, 1.165) is 105 Å². The van der Waals surface area contributed by atoms with Crippen LogP contribution < -0.4 is 28.4 Å². The van der Waals surface area contributed by atoms with Crippen molar-refractivity contribution in [2.75, 3.05) is 39.6 Å². The molecule has 230 valence electrons. The molecule has 0 aliphatic heterocycles. The summed E-state index contributed by atoms with van der Waals surface area (Å²) in [5, 5.41) is 0. The third-order valence-electron chi connectivity index (χ3n) is 6.37. The molecule has 0 atom stereocenters. The summed E-state index contributed by atoms with van der Waals surface area (Å²) in [5.74, 6) is 4.47. The maximum absolute atomic E-state index is 6.11. The first-order valence-corrected chi connectivity index (χ1v) is 15.9. The molecule has 41 heavy (non-hydrogen) atoms. The molecule has 0 bridgehead atoms. The van der Waals surface area contributed by atoms with Gasteiger partial charge in [-0.3, -0.25) is 0 Å². The second kappa shape index (κ2) is 22.6. The molecule has 0 aromatic heterocycles. The summed E-state index contributed by atoms with van der Waals surface area (Å²) in [6.07, 6.45) is 15.4.